The highest BCUT2D eigenvalue weighted by molar-refractivity contribution is 9.10. The molecule has 1 aromatic carbocycles. The van der Waals surface area contributed by atoms with Crippen LogP contribution < -0.4 is 4.90 Å². The number of halogens is 1. The second kappa shape index (κ2) is 8.09. The third kappa shape index (κ3) is 4.34. The standard InChI is InChI=1S/C17H21BrN4OS/c1-20(12-14-4-2-3-5-15(14)18)16(23)13-21-7-9-22(10-8-21)17-19-6-11-24-17/h2-6,11H,7-10,12-13H2,1H3. The largest absolute Gasteiger partial charge is 0.346 e. The van der Waals surface area contributed by atoms with Crippen LogP contribution in [0, 0.1) is 0 Å². The summed E-state index contributed by atoms with van der Waals surface area (Å²) in [6.07, 6.45) is 1.84. The van der Waals surface area contributed by atoms with E-state index in [0.717, 1.165) is 41.3 Å². The number of rotatable bonds is 5. The normalized spacial score (nSPS) is 15.5. The Kier molecular flexibility index (Phi) is 5.86. The Morgan fingerprint density at radius 3 is 2.71 bits per heavy atom. The number of carbonyl (C=O) groups excluding carboxylic acids is 1. The van der Waals surface area contributed by atoms with E-state index in [0.29, 0.717) is 13.1 Å². The van der Waals surface area contributed by atoms with Crippen molar-refractivity contribution < 1.29 is 4.79 Å². The van der Waals surface area contributed by atoms with E-state index in [1.807, 2.05) is 42.9 Å². The molecule has 1 aromatic heterocycles. The van der Waals surface area contributed by atoms with E-state index in [-0.39, 0.29) is 5.91 Å². The predicted octanol–water partition coefficient (Wildman–Crippen LogP) is 2.69. The topological polar surface area (TPSA) is 39.7 Å². The Hall–Kier alpha value is -1.44. The molecule has 0 bridgehead atoms. The minimum atomic E-state index is 0.161. The average molecular weight is 409 g/mol. The summed E-state index contributed by atoms with van der Waals surface area (Å²) in [5.41, 5.74) is 1.13. The molecule has 0 spiro atoms. The lowest BCUT2D eigenvalue weighted by Crippen LogP contribution is -2.49. The Morgan fingerprint density at radius 1 is 1.29 bits per heavy atom. The van der Waals surface area contributed by atoms with Crippen molar-refractivity contribution in [3.8, 4) is 0 Å². The van der Waals surface area contributed by atoms with Crippen LogP contribution in [0.2, 0.25) is 0 Å². The summed E-state index contributed by atoms with van der Waals surface area (Å²) in [6, 6.07) is 8.03. The second-order valence-corrected chi connectivity index (χ2v) is 7.65. The van der Waals surface area contributed by atoms with Crippen LogP contribution >= 0.6 is 27.3 Å². The van der Waals surface area contributed by atoms with Gasteiger partial charge in [0.15, 0.2) is 5.13 Å². The van der Waals surface area contributed by atoms with Gasteiger partial charge in [-0.1, -0.05) is 34.1 Å². The Morgan fingerprint density at radius 2 is 2.04 bits per heavy atom. The monoisotopic (exact) mass is 408 g/mol. The Labute approximate surface area is 155 Å². The molecular formula is C17H21BrN4OS. The van der Waals surface area contributed by atoms with Crippen molar-refractivity contribution in [2.75, 3.05) is 44.7 Å². The molecule has 1 amide bonds. The third-order valence-corrected chi connectivity index (χ3v) is 5.82. The molecule has 1 aliphatic heterocycles. The fraction of sp³-hybridized carbons (Fsp3) is 0.412. The van der Waals surface area contributed by atoms with E-state index < -0.39 is 0 Å². The first-order valence-electron chi connectivity index (χ1n) is 7.97. The van der Waals surface area contributed by atoms with Gasteiger partial charge in [0.2, 0.25) is 5.91 Å². The third-order valence-electron chi connectivity index (χ3n) is 4.21. The number of piperazine rings is 1. The van der Waals surface area contributed by atoms with Gasteiger partial charge in [0.05, 0.1) is 6.54 Å². The zero-order valence-corrected chi connectivity index (χ0v) is 16.1. The van der Waals surface area contributed by atoms with E-state index in [1.54, 1.807) is 16.2 Å². The summed E-state index contributed by atoms with van der Waals surface area (Å²) in [6.45, 7) is 4.75. The number of hydrogen-bond donors (Lipinski definition) is 0. The second-order valence-electron chi connectivity index (χ2n) is 5.92. The predicted molar refractivity (Wildman–Crippen MR) is 101 cm³/mol. The molecule has 0 saturated carbocycles. The van der Waals surface area contributed by atoms with E-state index in [2.05, 4.69) is 30.7 Å². The maximum absolute atomic E-state index is 12.5. The molecule has 1 aliphatic rings. The molecule has 2 aromatic rings. The number of amides is 1. The SMILES string of the molecule is CN(Cc1ccccc1Br)C(=O)CN1CCN(c2nccs2)CC1. The van der Waals surface area contributed by atoms with Crippen molar-refractivity contribution in [3.05, 3.63) is 45.9 Å². The fourth-order valence-electron chi connectivity index (χ4n) is 2.75. The molecule has 2 heterocycles. The summed E-state index contributed by atoms with van der Waals surface area (Å²) in [5.74, 6) is 0.161. The van der Waals surface area contributed by atoms with E-state index >= 15 is 0 Å². The van der Waals surface area contributed by atoms with Crippen LogP contribution in [-0.2, 0) is 11.3 Å². The van der Waals surface area contributed by atoms with Crippen LogP contribution in [0.5, 0.6) is 0 Å². The van der Waals surface area contributed by atoms with Crippen LogP contribution in [-0.4, -0.2) is 60.5 Å². The summed E-state index contributed by atoms with van der Waals surface area (Å²) < 4.78 is 1.04. The van der Waals surface area contributed by atoms with Crippen molar-refractivity contribution in [1.29, 1.82) is 0 Å². The van der Waals surface area contributed by atoms with Crippen LogP contribution in [0.3, 0.4) is 0 Å². The van der Waals surface area contributed by atoms with E-state index in [1.165, 1.54) is 0 Å². The molecule has 0 unspecified atom stereocenters. The molecule has 3 rings (SSSR count). The Bertz CT molecular complexity index is 671. The molecular weight excluding hydrogens is 388 g/mol. The van der Waals surface area contributed by atoms with Crippen LogP contribution in [0.25, 0.3) is 0 Å². The molecule has 0 aliphatic carbocycles. The van der Waals surface area contributed by atoms with Crippen molar-refractivity contribution >= 4 is 38.3 Å². The molecule has 1 saturated heterocycles. The molecule has 0 N–H and O–H groups in total. The van der Waals surface area contributed by atoms with Gasteiger partial charge in [-0.2, -0.15) is 0 Å². The number of likely N-dealkylation sites (N-methyl/N-ethyl adjacent to an activating group) is 1. The lowest BCUT2D eigenvalue weighted by atomic mass is 10.2. The van der Waals surface area contributed by atoms with Gasteiger partial charge in [0, 0.05) is 55.8 Å². The quantitative estimate of drug-likeness (QED) is 0.762. The first-order valence-corrected chi connectivity index (χ1v) is 9.65. The lowest BCUT2D eigenvalue weighted by Gasteiger charge is -2.34. The highest BCUT2D eigenvalue weighted by atomic mass is 79.9. The first-order chi connectivity index (χ1) is 11.6. The Balaban J connectivity index is 1.48. The van der Waals surface area contributed by atoms with Gasteiger partial charge in [0.25, 0.3) is 0 Å². The number of nitrogens with zero attached hydrogens (tertiary/aromatic N) is 4. The van der Waals surface area contributed by atoms with Crippen molar-refractivity contribution in [3.63, 3.8) is 0 Å². The molecule has 128 valence electrons. The van der Waals surface area contributed by atoms with Gasteiger partial charge >= 0.3 is 0 Å². The molecule has 5 nitrogen and oxygen atoms in total. The molecule has 0 radical (unpaired) electrons. The summed E-state index contributed by atoms with van der Waals surface area (Å²) in [7, 11) is 1.87. The minimum absolute atomic E-state index is 0.161. The zero-order chi connectivity index (χ0) is 16.9. The molecule has 7 heteroatoms. The van der Waals surface area contributed by atoms with Gasteiger partial charge in [0.1, 0.15) is 0 Å². The smallest absolute Gasteiger partial charge is 0.236 e. The summed E-state index contributed by atoms with van der Waals surface area (Å²) in [5, 5.41) is 3.08. The number of carbonyl (C=O) groups is 1. The number of benzene rings is 1. The van der Waals surface area contributed by atoms with Gasteiger partial charge in [-0.3, -0.25) is 9.69 Å². The summed E-state index contributed by atoms with van der Waals surface area (Å²) in [4.78, 5) is 23.1. The molecule has 1 fully saturated rings. The van der Waals surface area contributed by atoms with Crippen LogP contribution in [0.4, 0.5) is 5.13 Å². The summed E-state index contributed by atoms with van der Waals surface area (Å²) >= 11 is 5.21. The first kappa shape index (κ1) is 17.4. The van der Waals surface area contributed by atoms with Crippen LogP contribution in [0.15, 0.2) is 40.3 Å². The van der Waals surface area contributed by atoms with Crippen LogP contribution in [0.1, 0.15) is 5.56 Å². The van der Waals surface area contributed by atoms with Gasteiger partial charge < -0.3 is 9.80 Å². The maximum Gasteiger partial charge on any atom is 0.236 e. The van der Waals surface area contributed by atoms with E-state index in [9.17, 15) is 4.79 Å². The fourth-order valence-corrected chi connectivity index (χ4v) is 3.86. The van der Waals surface area contributed by atoms with Gasteiger partial charge in [-0.05, 0) is 11.6 Å². The lowest BCUT2D eigenvalue weighted by molar-refractivity contribution is -0.131. The molecule has 0 atom stereocenters. The van der Waals surface area contributed by atoms with Gasteiger partial charge in [-0.15, -0.1) is 11.3 Å². The average Bonchev–Trinajstić information content (AvgIpc) is 3.12. The zero-order valence-electron chi connectivity index (χ0n) is 13.7. The van der Waals surface area contributed by atoms with Crippen molar-refractivity contribution in [2.24, 2.45) is 0 Å². The minimum Gasteiger partial charge on any atom is -0.346 e. The molecule has 24 heavy (non-hydrogen) atoms. The maximum atomic E-state index is 12.5. The number of thiazole rings is 1. The highest BCUT2D eigenvalue weighted by Crippen LogP contribution is 2.19. The number of hydrogen-bond acceptors (Lipinski definition) is 5. The van der Waals surface area contributed by atoms with Crippen molar-refractivity contribution in [2.45, 2.75) is 6.54 Å². The van der Waals surface area contributed by atoms with E-state index in [4.69, 9.17) is 0 Å². The van der Waals surface area contributed by atoms with Gasteiger partial charge in [-0.25, -0.2) is 4.98 Å². The number of aromatic nitrogens is 1. The number of anilines is 1. The van der Waals surface area contributed by atoms with Crippen molar-refractivity contribution in [1.82, 2.24) is 14.8 Å². The highest BCUT2D eigenvalue weighted by Gasteiger charge is 2.21.